The molecule has 0 radical (unpaired) electrons. The molecule has 1 aromatic carbocycles. The van der Waals surface area contributed by atoms with Crippen molar-refractivity contribution in [2.24, 2.45) is 0 Å². The van der Waals surface area contributed by atoms with Gasteiger partial charge < -0.3 is 10.2 Å². The SMILES string of the molecule is CC(C)NCc1ccc(N(C)C2CCSC2)cc1. The van der Waals surface area contributed by atoms with Crippen molar-refractivity contribution >= 4 is 17.4 Å². The van der Waals surface area contributed by atoms with E-state index in [0.717, 1.165) is 12.6 Å². The zero-order valence-electron chi connectivity index (χ0n) is 11.6. The lowest BCUT2D eigenvalue weighted by atomic mass is 10.1. The molecule has 1 unspecified atom stereocenters. The van der Waals surface area contributed by atoms with Crippen LogP contribution in [0.1, 0.15) is 25.8 Å². The quantitative estimate of drug-likeness (QED) is 0.879. The van der Waals surface area contributed by atoms with Gasteiger partial charge in [-0.25, -0.2) is 0 Å². The average Bonchev–Trinajstić information content (AvgIpc) is 2.90. The van der Waals surface area contributed by atoms with Crippen molar-refractivity contribution in [3.8, 4) is 0 Å². The van der Waals surface area contributed by atoms with E-state index in [9.17, 15) is 0 Å². The molecular formula is C15H24N2S. The van der Waals surface area contributed by atoms with Gasteiger partial charge in [-0.2, -0.15) is 11.8 Å². The monoisotopic (exact) mass is 264 g/mol. The van der Waals surface area contributed by atoms with E-state index in [1.807, 2.05) is 0 Å². The van der Waals surface area contributed by atoms with E-state index < -0.39 is 0 Å². The van der Waals surface area contributed by atoms with Gasteiger partial charge in [-0.3, -0.25) is 0 Å². The number of nitrogens with zero attached hydrogens (tertiary/aromatic N) is 1. The fourth-order valence-electron chi connectivity index (χ4n) is 2.21. The lowest BCUT2D eigenvalue weighted by molar-refractivity contribution is 0.589. The number of hydrogen-bond donors (Lipinski definition) is 1. The standard InChI is InChI=1S/C15H24N2S/c1-12(2)16-10-13-4-6-14(7-5-13)17(3)15-8-9-18-11-15/h4-7,12,15-16H,8-11H2,1-3H3. The second-order valence-corrected chi connectivity index (χ2v) is 6.48. The van der Waals surface area contributed by atoms with Crippen LogP contribution in [-0.2, 0) is 6.54 Å². The highest BCUT2D eigenvalue weighted by Gasteiger charge is 2.20. The first kappa shape index (κ1) is 13.8. The van der Waals surface area contributed by atoms with Gasteiger partial charge in [0.05, 0.1) is 0 Å². The summed E-state index contributed by atoms with van der Waals surface area (Å²) in [7, 11) is 2.22. The predicted octanol–water partition coefficient (Wildman–Crippen LogP) is 3.13. The Labute approximate surface area is 115 Å². The molecule has 1 aliphatic heterocycles. The molecule has 0 amide bonds. The Morgan fingerprint density at radius 3 is 2.61 bits per heavy atom. The third kappa shape index (κ3) is 3.66. The molecule has 0 spiro atoms. The minimum atomic E-state index is 0.544. The van der Waals surface area contributed by atoms with Gasteiger partial charge in [0.2, 0.25) is 0 Å². The highest BCUT2D eigenvalue weighted by atomic mass is 32.2. The fraction of sp³-hybridized carbons (Fsp3) is 0.600. The van der Waals surface area contributed by atoms with Crippen LogP contribution in [0.5, 0.6) is 0 Å². The molecule has 1 aliphatic rings. The van der Waals surface area contributed by atoms with Crippen molar-refractivity contribution in [3.05, 3.63) is 29.8 Å². The predicted molar refractivity (Wildman–Crippen MR) is 82.6 cm³/mol. The van der Waals surface area contributed by atoms with Crippen molar-refractivity contribution in [3.63, 3.8) is 0 Å². The van der Waals surface area contributed by atoms with E-state index in [1.54, 1.807) is 0 Å². The van der Waals surface area contributed by atoms with Crippen LogP contribution in [0.25, 0.3) is 0 Å². The minimum absolute atomic E-state index is 0.544. The van der Waals surface area contributed by atoms with Crippen LogP contribution < -0.4 is 10.2 Å². The zero-order chi connectivity index (χ0) is 13.0. The number of hydrogen-bond acceptors (Lipinski definition) is 3. The molecule has 3 heteroatoms. The van der Waals surface area contributed by atoms with Crippen molar-refractivity contribution in [1.82, 2.24) is 5.32 Å². The first-order chi connectivity index (χ1) is 8.66. The van der Waals surface area contributed by atoms with Gasteiger partial charge in [0, 0.05) is 37.1 Å². The molecular weight excluding hydrogens is 240 g/mol. The Hall–Kier alpha value is -0.670. The van der Waals surface area contributed by atoms with Crippen molar-refractivity contribution < 1.29 is 0 Å². The second-order valence-electron chi connectivity index (χ2n) is 5.33. The number of thioether (sulfide) groups is 1. The summed E-state index contributed by atoms with van der Waals surface area (Å²) >= 11 is 2.07. The number of rotatable bonds is 5. The highest BCUT2D eigenvalue weighted by molar-refractivity contribution is 7.99. The molecule has 1 N–H and O–H groups in total. The molecule has 2 nitrogen and oxygen atoms in total. The van der Waals surface area contributed by atoms with Crippen LogP contribution in [-0.4, -0.2) is 30.6 Å². The topological polar surface area (TPSA) is 15.3 Å². The van der Waals surface area contributed by atoms with Gasteiger partial charge in [0.15, 0.2) is 0 Å². The number of nitrogens with one attached hydrogen (secondary N) is 1. The molecule has 0 saturated carbocycles. The lowest BCUT2D eigenvalue weighted by Gasteiger charge is -2.26. The first-order valence-electron chi connectivity index (χ1n) is 6.79. The molecule has 100 valence electrons. The van der Waals surface area contributed by atoms with E-state index in [4.69, 9.17) is 0 Å². The molecule has 1 aromatic rings. The van der Waals surface area contributed by atoms with Gasteiger partial charge in [-0.15, -0.1) is 0 Å². The van der Waals surface area contributed by atoms with E-state index in [-0.39, 0.29) is 0 Å². The first-order valence-corrected chi connectivity index (χ1v) is 7.95. The Kier molecular flexibility index (Phi) is 4.95. The van der Waals surface area contributed by atoms with E-state index in [2.05, 4.69) is 67.1 Å². The van der Waals surface area contributed by atoms with E-state index in [1.165, 1.54) is 29.2 Å². The van der Waals surface area contributed by atoms with Crippen LogP contribution >= 0.6 is 11.8 Å². The number of anilines is 1. The third-order valence-corrected chi connectivity index (χ3v) is 4.66. The lowest BCUT2D eigenvalue weighted by Crippen LogP contribution is -2.31. The summed E-state index contributed by atoms with van der Waals surface area (Å²) in [6.45, 7) is 5.32. The van der Waals surface area contributed by atoms with Crippen molar-refractivity contribution in [1.29, 1.82) is 0 Å². The van der Waals surface area contributed by atoms with E-state index >= 15 is 0 Å². The summed E-state index contributed by atoms with van der Waals surface area (Å²) in [5, 5.41) is 3.45. The third-order valence-electron chi connectivity index (χ3n) is 3.51. The Morgan fingerprint density at radius 1 is 1.33 bits per heavy atom. The molecule has 0 aromatic heterocycles. The molecule has 2 rings (SSSR count). The summed E-state index contributed by atoms with van der Waals surface area (Å²) in [6, 6.07) is 10.2. The summed E-state index contributed by atoms with van der Waals surface area (Å²) in [5.74, 6) is 2.58. The van der Waals surface area contributed by atoms with Crippen LogP contribution in [0.4, 0.5) is 5.69 Å². The molecule has 1 heterocycles. The van der Waals surface area contributed by atoms with E-state index in [0.29, 0.717) is 6.04 Å². The average molecular weight is 264 g/mol. The van der Waals surface area contributed by atoms with Gasteiger partial charge in [-0.05, 0) is 29.9 Å². The van der Waals surface area contributed by atoms with Gasteiger partial charge in [0.1, 0.15) is 0 Å². The molecule has 0 aliphatic carbocycles. The summed E-state index contributed by atoms with van der Waals surface area (Å²) in [6.07, 6.45) is 1.32. The fourth-order valence-corrected chi connectivity index (χ4v) is 3.48. The summed E-state index contributed by atoms with van der Waals surface area (Å²) in [4.78, 5) is 2.43. The molecule has 18 heavy (non-hydrogen) atoms. The molecule has 1 atom stereocenters. The molecule has 1 fully saturated rings. The van der Waals surface area contributed by atoms with Crippen LogP contribution in [0, 0.1) is 0 Å². The zero-order valence-corrected chi connectivity index (χ0v) is 12.5. The maximum Gasteiger partial charge on any atom is 0.0385 e. The Balaban J connectivity index is 1.93. The van der Waals surface area contributed by atoms with Crippen LogP contribution in [0.15, 0.2) is 24.3 Å². The minimum Gasteiger partial charge on any atom is -0.371 e. The molecule has 1 saturated heterocycles. The normalized spacial score (nSPS) is 19.4. The van der Waals surface area contributed by atoms with Gasteiger partial charge in [0.25, 0.3) is 0 Å². The van der Waals surface area contributed by atoms with Gasteiger partial charge >= 0.3 is 0 Å². The Morgan fingerprint density at radius 2 is 2.06 bits per heavy atom. The maximum absolute atomic E-state index is 3.45. The van der Waals surface area contributed by atoms with Crippen molar-refractivity contribution in [2.45, 2.75) is 38.9 Å². The smallest absolute Gasteiger partial charge is 0.0385 e. The van der Waals surface area contributed by atoms with Crippen LogP contribution in [0.3, 0.4) is 0 Å². The van der Waals surface area contributed by atoms with Crippen LogP contribution in [0.2, 0.25) is 0 Å². The van der Waals surface area contributed by atoms with Crippen molar-refractivity contribution in [2.75, 3.05) is 23.5 Å². The molecule has 0 bridgehead atoms. The highest BCUT2D eigenvalue weighted by Crippen LogP contribution is 2.25. The Bertz CT molecular complexity index is 355. The largest absolute Gasteiger partial charge is 0.371 e. The van der Waals surface area contributed by atoms with Gasteiger partial charge in [-0.1, -0.05) is 26.0 Å². The summed E-state index contributed by atoms with van der Waals surface area (Å²) in [5.41, 5.74) is 2.71. The summed E-state index contributed by atoms with van der Waals surface area (Å²) < 4.78 is 0. The maximum atomic E-state index is 3.45. The second kappa shape index (κ2) is 6.48. The number of benzene rings is 1.